The molecule has 0 atom stereocenters. The van der Waals surface area contributed by atoms with E-state index in [4.69, 9.17) is 4.74 Å². The van der Waals surface area contributed by atoms with Crippen molar-refractivity contribution in [1.82, 2.24) is 9.29 Å². The van der Waals surface area contributed by atoms with Crippen molar-refractivity contribution in [3.05, 3.63) is 64.6 Å². The maximum absolute atomic E-state index is 12.7. The fourth-order valence-corrected chi connectivity index (χ4v) is 3.61. The number of sulfonamides is 1. The van der Waals surface area contributed by atoms with E-state index < -0.39 is 15.9 Å². The molecule has 0 radical (unpaired) electrons. The third kappa shape index (κ3) is 3.62. The number of aromatic amines is 1. The van der Waals surface area contributed by atoms with Gasteiger partial charge in [-0.05, 0) is 35.7 Å². The first-order valence-electron chi connectivity index (χ1n) is 8.28. The number of H-pyrrole nitrogens is 1. The normalized spacial score (nSPS) is 11.6. The quantitative estimate of drug-likeness (QED) is 0.680. The minimum absolute atomic E-state index is 0.000560. The molecular formula is C19H19N3O5S. The topological polar surface area (TPSA) is 109 Å². The van der Waals surface area contributed by atoms with Gasteiger partial charge in [-0.2, -0.15) is 0 Å². The summed E-state index contributed by atoms with van der Waals surface area (Å²) in [6.45, 7) is 0. The summed E-state index contributed by atoms with van der Waals surface area (Å²) in [6.07, 6.45) is 0. The summed E-state index contributed by atoms with van der Waals surface area (Å²) >= 11 is 0. The van der Waals surface area contributed by atoms with Crippen LogP contribution in [0.4, 0.5) is 5.69 Å². The van der Waals surface area contributed by atoms with E-state index in [1.165, 1.54) is 39.4 Å². The second kappa shape index (κ2) is 7.45. The zero-order chi connectivity index (χ0) is 20.5. The van der Waals surface area contributed by atoms with Gasteiger partial charge in [-0.15, -0.1) is 0 Å². The fraction of sp³-hybridized carbons (Fsp3) is 0.158. The number of hydrogen-bond acceptors (Lipinski definition) is 5. The molecule has 3 rings (SSSR count). The molecule has 146 valence electrons. The average Bonchev–Trinajstić information content (AvgIpc) is 2.67. The lowest BCUT2D eigenvalue weighted by Gasteiger charge is -2.15. The summed E-state index contributed by atoms with van der Waals surface area (Å²) in [5.41, 5.74) is -0.171. The van der Waals surface area contributed by atoms with Crippen LogP contribution >= 0.6 is 0 Å². The number of benzene rings is 2. The Labute approximate surface area is 161 Å². The monoisotopic (exact) mass is 401 g/mol. The van der Waals surface area contributed by atoms with Crippen molar-refractivity contribution < 1.29 is 17.9 Å². The van der Waals surface area contributed by atoms with E-state index in [0.717, 1.165) is 4.31 Å². The summed E-state index contributed by atoms with van der Waals surface area (Å²) < 4.78 is 31.0. The number of anilines is 1. The molecule has 2 aromatic carbocycles. The first-order chi connectivity index (χ1) is 13.2. The molecule has 0 aliphatic rings. The Kier molecular flexibility index (Phi) is 5.21. The van der Waals surface area contributed by atoms with Gasteiger partial charge in [0.1, 0.15) is 11.4 Å². The molecule has 0 saturated heterocycles. The molecule has 0 saturated carbocycles. The molecule has 0 unspecified atom stereocenters. The van der Waals surface area contributed by atoms with E-state index >= 15 is 0 Å². The summed E-state index contributed by atoms with van der Waals surface area (Å²) in [5.74, 6) is -0.310. The second-order valence-corrected chi connectivity index (χ2v) is 8.35. The Bertz CT molecular complexity index is 1220. The van der Waals surface area contributed by atoms with Gasteiger partial charge in [0, 0.05) is 19.5 Å². The number of pyridine rings is 1. The predicted molar refractivity (Wildman–Crippen MR) is 106 cm³/mol. The Hall–Kier alpha value is -3.17. The van der Waals surface area contributed by atoms with E-state index in [1.54, 1.807) is 30.3 Å². The summed E-state index contributed by atoms with van der Waals surface area (Å²) in [5, 5.41) is 3.69. The van der Waals surface area contributed by atoms with Gasteiger partial charge in [0.15, 0.2) is 0 Å². The Morgan fingerprint density at radius 1 is 1.11 bits per heavy atom. The minimum Gasteiger partial charge on any atom is -0.495 e. The third-order valence-electron chi connectivity index (χ3n) is 4.20. The number of fused-ring (bicyclic) bond motifs is 1. The van der Waals surface area contributed by atoms with Crippen molar-refractivity contribution in [2.24, 2.45) is 0 Å². The first kappa shape index (κ1) is 19.6. The maximum Gasteiger partial charge on any atom is 0.272 e. The number of nitrogens with zero attached hydrogens (tertiary/aromatic N) is 1. The molecule has 1 aromatic heterocycles. The largest absolute Gasteiger partial charge is 0.495 e. The number of carbonyl (C=O) groups is 1. The zero-order valence-electron chi connectivity index (χ0n) is 15.5. The number of nitrogens with one attached hydrogen (secondary N) is 2. The average molecular weight is 401 g/mol. The van der Waals surface area contributed by atoms with Crippen LogP contribution in [0.25, 0.3) is 10.8 Å². The van der Waals surface area contributed by atoms with Crippen LogP contribution in [-0.2, 0) is 10.0 Å². The maximum atomic E-state index is 12.7. The van der Waals surface area contributed by atoms with Gasteiger partial charge in [-0.25, -0.2) is 12.7 Å². The van der Waals surface area contributed by atoms with Gasteiger partial charge in [0.05, 0.1) is 17.7 Å². The summed E-state index contributed by atoms with van der Waals surface area (Å²) in [4.78, 5) is 27.4. The number of aromatic nitrogens is 1. The highest BCUT2D eigenvalue weighted by atomic mass is 32.2. The molecule has 1 heterocycles. The molecule has 0 bridgehead atoms. The molecule has 8 nitrogen and oxygen atoms in total. The SMILES string of the molecule is COc1ccc(S(=O)(=O)N(C)C)cc1NC(=O)c1cc2ccccc2c(=O)[nH]1. The molecule has 0 aliphatic carbocycles. The van der Waals surface area contributed by atoms with Crippen LogP contribution in [0.15, 0.2) is 58.2 Å². The lowest BCUT2D eigenvalue weighted by molar-refractivity contribution is 0.102. The van der Waals surface area contributed by atoms with E-state index in [-0.39, 0.29) is 27.6 Å². The molecule has 0 aliphatic heterocycles. The van der Waals surface area contributed by atoms with Crippen LogP contribution in [0.3, 0.4) is 0 Å². The molecule has 2 N–H and O–H groups in total. The van der Waals surface area contributed by atoms with Crippen LogP contribution in [0.2, 0.25) is 0 Å². The van der Waals surface area contributed by atoms with Crippen LogP contribution < -0.4 is 15.6 Å². The van der Waals surface area contributed by atoms with Gasteiger partial charge in [0.25, 0.3) is 11.5 Å². The summed E-state index contributed by atoms with van der Waals surface area (Å²) in [7, 11) is 0.543. The lowest BCUT2D eigenvalue weighted by Crippen LogP contribution is -2.23. The van der Waals surface area contributed by atoms with Crippen molar-refractivity contribution in [2.45, 2.75) is 4.90 Å². The van der Waals surface area contributed by atoms with E-state index in [2.05, 4.69) is 10.3 Å². The zero-order valence-corrected chi connectivity index (χ0v) is 16.3. The molecule has 0 fully saturated rings. The lowest BCUT2D eigenvalue weighted by atomic mass is 10.1. The van der Waals surface area contributed by atoms with E-state index in [0.29, 0.717) is 10.8 Å². The van der Waals surface area contributed by atoms with Crippen LogP contribution in [-0.4, -0.2) is 44.8 Å². The highest BCUT2D eigenvalue weighted by Gasteiger charge is 2.20. The second-order valence-electron chi connectivity index (χ2n) is 6.20. The number of ether oxygens (including phenoxy) is 1. The fourth-order valence-electron chi connectivity index (χ4n) is 2.68. The molecule has 0 spiro atoms. The highest BCUT2D eigenvalue weighted by molar-refractivity contribution is 7.89. The van der Waals surface area contributed by atoms with Gasteiger partial charge >= 0.3 is 0 Å². The van der Waals surface area contributed by atoms with Gasteiger partial charge in [0.2, 0.25) is 10.0 Å². The standard InChI is InChI=1S/C19H19N3O5S/c1-22(2)28(25,26)13-8-9-17(27-3)15(11-13)20-19(24)16-10-12-6-4-5-7-14(12)18(23)21-16/h4-11H,1-3H3,(H,20,24)(H,21,23). The molecule has 28 heavy (non-hydrogen) atoms. The predicted octanol–water partition coefficient (Wildman–Crippen LogP) is 2.04. The van der Waals surface area contributed by atoms with Gasteiger partial charge in [-0.3, -0.25) is 9.59 Å². The minimum atomic E-state index is -3.69. The first-order valence-corrected chi connectivity index (χ1v) is 9.72. The van der Waals surface area contributed by atoms with E-state index in [1.807, 2.05) is 0 Å². The number of hydrogen-bond donors (Lipinski definition) is 2. The summed E-state index contributed by atoms with van der Waals surface area (Å²) in [6, 6.07) is 12.6. The highest BCUT2D eigenvalue weighted by Crippen LogP contribution is 2.29. The van der Waals surface area contributed by atoms with Crippen LogP contribution in [0.1, 0.15) is 10.5 Å². The number of rotatable bonds is 5. The van der Waals surface area contributed by atoms with Crippen molar-refractivity contribution in [3.63, 3.8) is 0 Å². The van der Waals surface area contributed by atoms with Crippen LogP contribution in [0.5, 0.6) is 5.75 Å². The Morgan fingerprint density at radius 2 is 1.82 bits per heavy atom. The van der Waals surface area contributed by atoms with Crippen molar-refractivity contribution in [2.75, 3.05) is 26.5 Å². The van der Waals surface area contributed by atoms with Gasteiger partial charge < -0.3 is 15.0 Å². The van der Waals surface area contributed by atoms with Crippen molar-refractivity contribution >= 4 is 32.4 Å². The molecule has 1 amide bonds. The van der Waals surface area contributed by atoms with Gasteiger partial charge in [-0.1, -0.05) is 18.2 Å². The van der Waals surface area contributed by atoms with Crippen molar-refractivity contribution in [3.8, 4) is 5.75 Å². The number of carbonyl (C=O) groups excluding carboxylic acids is 1. The number of amides is 1. The Balaban J connectivity index is 2.01. The van der Waals surface area contributed by atoms with Crippen molar-refractivity contribution in [1.29, 1.82) is 0 Å². The smallest absolute Gasteiger partial charge is 0.272 e. The third-order valence-corrected chi connectivity index (χ3v) is 6.01. The molecule has 3 aromatic rings. The molecule has 9 heteroatoms. The Morgan fingerprint density at radius 3 is 2.50 bits per heavy atom. The van der Waals surface area contributed by atoms with Crippen LogP contribution in [0, 0.1) is 0 Å². The molecular weight excluding hydrogens is 382 g/mol. The van der Waals surface area contributed by atoms with E-state index in [9.17, 15) is 18.0 Å². The number of methoxy groups -OCH3 is 1.